The average molecular weight is 393 g/mol. The van der Waals surface area contributed by atoms with Crippen molar-refractivity contribution in [3.63, 3.8) is 0 Å². The minimum atomic E-state index is -0.418. The van der Waals surface area contributed by atoms with Crippen LogP contribution in [-0.2, 0) is 9.59 Å². The molecule has 29 heavy (non-hydrogen) atoms. The lowest BCUT2D eigenvalue weighted by molar-refractivity contribution is -0.123. The van der Waals surface area contributed by atoms with Crippen molar-refractivity contribution in [2.24, 2.45) is 0 Å². The van der Waals surface area contributed by atoms with Crippen LogP contribution in [0, 0.1) is 5.82 Å². The van der Waals surface area contributed by atoms with Crippen molar-refractivity contribution in [2.75, 3.05) is 25.5 Å². The van der Waals surface area contributed by atoms with E-state index in [0.717, 1.165) is 16.3 Å². The summed E-state index contributed by atoms with van der Waals surface area (Å²) in [5.41, 5.74) is 1.40. The summed E-state index contributed by atoms with van der Waals surface area (Å²) in [6, 6.07) is 19.7. The monoisotopic (exact) mass is 393 g/mol. The van der Waals surface area contributed by atoms with Gasteiger partial charge in [-0.05, 0) is 54.6 Å². The Bertz CT molecular complexity index is 1020. The van der Waals surface area contributed by atoms with E-state index in [1.54, 1.807) is 18.0 Å². The topological polar surface area (TPSA) is 61.4 Å². The zero-order valence-corrected chi connectivity index (χ0v) is 16.5. The van der Waals surface area contributed by atoms with E-state index in [1.165, 1.54) is 18.2 Å². The number of rotatable bonds is 7. The van der Waals surface area contributed by atoms with Crippen molar-refractivity contribution >= 4 is 28.3 Å². The van der Waals surface area contributed by atoms with Crippen molar-refractivity contribution < 1.29 is 14.0 Å². The van der Waals surface area contributed by atoms with Gasteiger partial charge in [-0.3, -0.25) is 14.5 Å². The van der Waals surface area contributed by atoms with Crippen LogP contribution in [0.5, 0.6) is 0 Å². The molecule has 0 aliphatic carbocycles. The molecular formula is C23H24FN3O2. The van der Waals surface area contributed by atoms with Gasteiger partial charge in [-0.25, -0.2) is 4.39 Å². The fraction of sp³-hybridized carbons (Fsp3) is 0.217. The summed E-state index contributed by atoms with van der Waals surface area (Å²) in [4.78, 5) is 26.0. The van der Waals surface area contributed by atoms with Gasteiger partial charge in [0.15, 0.2) is 0 Å². The highest BCUT2D eigenvalue weighted by Gasteiger charge is 2.14. The zero-order valence-electron chi connectivity index (χ0n) is 16.5. The first-order chi connectivity index (χ1) is 13.9. The van der Waals surface area contributed by atoms with Crippen LogP contribution in [0.15, 0.2) is 66.7 Å². The predicted molar refractivity (Wildman–Crippen MR) is 113 cm³/mol. The predicted octanol–water partition coefficient (Wildman–Crippen LogP) is 3.73. The Kier molecular flexibility index (Phi) is 6.57. The molecule has 2 amide bonds. The largest absolute Gasteiger partial charge is 0.348 e. The van der Waals surface area contributed by atoms with Crippen LogP contribution in [-0.4, -0.2) is 36.9 Å². The first kappa shape index (κ1) is 20.5. The molecule has 1 atom stereocenters. The van der Waals surface area contributed by atoms with Gasteiger partial charge in [0, 0.05) is 5.69 Å². The van der Waals surface area contributed by atoms with Crippen LogP contribution in [0.4, 0.5) is 10.1 Å². The number of hydrogen-bond acceptors (Lipinski definition) is 3. The molecule has 0 radical (unpaired) electrons. The van der Waals surface area contributed by atoms with Crippen molar-refractivity contribution in [1.29, 1.82) is 0 Å². The van der Waals surface area contributed by atoms with Crippen LogP contribution in [0.1, 0.15) is 18.5 Å². The summed E-state index contributed by atoms with van der Waals surface area (Å²) in [6.45, 7) is 2.03. The molecule has 0 aliphatic heterocycles. The van der Waals surface area contributed by atoms with E-state index in [-0.39, 0.29) is 30.9 Å². The van der Waals surface area contributed by atoms with Gasteiger partial charge in [0.1, 0.15) is 5.82 Å². The summed E-state index contributed by atoms with van der Waals surface area (Å²) < 4.78 is 13.2. The maximum Gasteiger partial charge on any atom is 0.238 e. The van der Waals surface area contributed by atoms with Crippen molar-refractivity contribution in [1.82, 2.24) is 10.2 Å². The van der Waals surface area contributed by atoms with E-state index in [9.17, 15) is 14.0 Å². The zero-order chi connectivity index (χ0) is 20.8. The number of hydrogen-bond donors (Lipinski definition) is 2. The highest BCUT2D eigenvalue weighted by molar-refractivity contribution is 5.92. The molecule has 3 rings (SSSR count). The quantitative estimate of drug-likeness (QED) is 0.643. The molecule has 0 saturated carbocycles. The number of benzene rings is 3. The van der Waals surface area contributed by atoms with Gasteiger partial charge in [0.05, 0.1) is 19.1 Å². The second-order valence-corrected chi connectivity index (χ2v) is 7.13. The standard InChI is InChI=1S/C23H24FN3O2/c1-16(18-11-10-17-6-3-4-7-19(17)12-18)25-22(28)14-27(2)15-23(29)26-21-9-5-8-20(24)13-21/h3-13,16H,14-15H2,1-2H3,(H,25,28)(H,26,29). The smallest absolute Gasteiger partial charge is 0.238 e. The van der Waals surface area contributed by atoms with E-state index in [4.69, 9.17) is 0 Å². The lowest BCUT2D eigenvalue weighted by Gasteiger charge is -2.19. The number of amides is 2. The van der Waals surface area contributed by atoms with Gasteiger partial charge in [0.25, 0.3) is 0 Å². The third-order valence-electron chi connectivity index (χ3n) is 4.59. The lowest BCUT2D eigenvalue weighted by Crippen LogP contribution is -2.39. The number of carbonyl (C=O) groups is 2. The number of fused-ring (bicyclic) bond motifs is 1. The molecule has 0 spiro atoms. The summed E-state index contributed by atoms with van der Waals surface area (Å²) in [5, 5.41) is 7.85. The van der Waals surface area contributed by atoms with Gasteiger partial charge in [-0.1, -0.05) is 42.5 Å². The maximum atomic E-state index is 13.2. The Labute approximate surface area is 169 Å². The van der Waals surface area contributed by atoms with E-state index >= 15 is 0 Å². The van der Waals surface area contributed by atoms with Crippen molar-refractivity contribution in [2.45, 2.75) is 13.0 Å². The number of halogens is 1. The van der Waals surface area contributed by atoms with E-state index < -0.39 is 5.82 Å². The fourth-order valence-electron chi connectivity index (χ4n) is 3.16. The Balaban J connectivity index is 1.50. The van der Waals surface area contributed by atoms with E-state index in [1.807, 2.05) is 43.3 Å². The van der Waals surface area contributed by atoms with Crippen molar-refractivity contribution in [3.05, 3.63) is 78.1 Å². The minimum absolute atomic E-state index is 0.0221. The normalized spacial score (nSPS) is 12.0. The number of nitrogens with zero attached hydrogens (tertiary/aromatic N) is 1. The van der Waals surface area contributed by atoms with Crippen molar-refractivity contribution in [3.8, 4) is 0 Å². The highest BCUT2D eigenvalue weighted by Crippen LogP contribution is 2.20. The number of carbonyl (C=O) groups excluding carboxylic acids is 2. The van der Waals surface area contributed by atoms with Crippen LogP contribution in [0.3, 0.4) is 0 Å². The van der Waals surface area contributed by atoms with Crippen LogP contribution < -0.4 is 10.6 Å². The molecular weight excluding hydrogens is 369 g/mol. The molecule has 6 heteroatoms. The third kappa shape index (κ3) is 5.86. The summed E-state index contributed by atoms with van der Waals surface area (Å²) in [6.07, 6.45) is 0. The molecule has 0 bridgehead atoms. The maximum absolute atomic E-state index is 13.2. The minimum Gasteiger partial charge on any atom is -0.348 e. The Morgan fingerprint density at radius 3 is 2.41 bits per heavy atom. The molecule has 3 aromatic carbocycles. The first-order valence-electron chi connectivity index (χ1n) is 9.43. The van der Waals surface area contributed by atoms with E-state index in [0.29, 0.717) is 5.69 Å². The number of nitrogens with one attached hydrogen (secondary N) is 2. The Morgan fingerprint density at radius 1 is 0.931 bits per heavy atom. The van der Waals surface area contributed by atoms with Gasteiger partial charge in [-0.15, -0.1) is 0 Å². The summed E-state index contributed by atoms with van der Waals surface area (Å²) in [5.74, 6) is -0.904. The van der Waals surface area contributed by atoms with Gasteiger partial charge < -0.3 is 10.6 Å². The van der Waals surface area contributed by atoms with Crippen LogP contribution >= 0.6 is 0 Å². The number of anilines is 1. The summed E-state index contributed by atoms with van der Waals surface area (Å²) >= 11 is 0. The second kappa shape index (κ2) is 9.30. The molecule has 150 valence electrons. The molecule has 3 aromatic rings. The SMILES string of the molecule is CC(NC(=O)CN(C)CC(=O)Nc1cccc(F)c1)c1ccc2ccccc2c1. The van der Waals surface area contributed by atoms with Gasteiger partial charge in [-0.2, -0.15) is 0 Å². The first-order valence-corrected chi connectivity index (χ1v) is 9.43. The molecule has 0 aliphatic rings. The highest BCUT2D eigenvalue weighted by atomic mass is 19.1. The molecule has 5 nitrogen and oxygen atoms in total. The molecule has 0 heterocycles. The average Bonchev–Trinajstić information content (AvgIpc) is 2.67. The Hall–Kier alpha value is -3.25. The van der Waals surface area contributed by atoms with Crippen LogP contribution in [0.2, 0.25) is 0 Å². The molecule has 0 aromatic heterocycles. The molecule has 2 N–H and O–H groups in total. The number of likely N-dealkylation sites (N-methyl/N-ethyl adjacent to an activating group) is 1. The third-order valence-corrected chi connectivity index (χ3v) is 4.59. The van der Waals surface area contributed by atoms with Crippen LogP contribution in [0.25, 0.3) is 10.8 Å². The molecule has 0 fully saturated rings. The Morgan fingerprint density at radius 2 is 1.66 bits per heavy atom. The molecule has 0 saturated heterocycles. The fourth-order valence-corrected chi connectivity index (χ4v) is 3.16. The second-order valence-electron chi connectivity index (χ2n) is 7.13. The van der Waals surface area contributed by atoms with Gasteiger partial charge >= 0.3 is 0 Å². The lowest BCUT2D eigenvalue weighted by atomic mass is 10.0. The molecule has 1 unspecified atom stereocenters. The van der Waals surface area contributed by atoms with E-state index in [2.05, 4.69) is 16.7 Å². The van der Waals surface area contributed by atoms with Gasteiger partial charge in [0.2, 0.25) is 11.8 Å². The summed E-state index contributed by atoms with van der Waals surface area (Å²) in [7, 11) is 1.69.